The van der Waals surface area contributed by atoms with E-state index in [0.717, 1.165) is 17.5 Å². The SMILES string of the molecule is Fc1cc(CCl)ccc1OCC1OCCc2ccccc21. The highest BCUT2D eigenvalue weighted by Gasteiger charge is 2.21. The molecule has 0 bridgehead atoms. The maximum atomic E-state index is 13.9. The Morgan fingerprint density at radius 1 is 1.24 bits per heavy atom. The zero-order chi connectivity index (χ0) is 14.7. The Bertz CT molecular complexity index is 630. The van der Waals surface area contributed by atoms with Gasteiger partial charge >= 0.3 is 0 Å². The standard InChI is InChI=1S/C17H16ClFO2/c18-10-12-5-6-16(15(19)9-12)21-11-17-14-4-2-1-3-13(14)7-8-20-17/h1-6,9,17H,7-8,10-11H2. The molecule has 1 heterocycles. The predicted molar refractivity (Wildman–Crippen MR) is 80.3 cm³/mol. The van der Waals surface area contributed by atoms with E-state index in [-0.39, 0.29) is 17.7 Å². The van der Waals surface area contributed by atoms with Gasteiger partial charge in [-0.1, -0.05) is 30.3 Å². The van der Waals surface area contributed by atoms with E-state index >= 15 is 0 Å². The van der Waals surface area contributed by atoms with Gasteiger partial charge in [-0.05, 0) is 35.2 Å². The Labute approximate surface area is 128 Å². The summed E-state index contributed by atoms with van der Waals surface area (Å²) in [5.41, 5.74) is 3.14. The molecule has 1 unspecified atom stereocenters. The zero-order valence-electron chi connectivity index (χ0n) is 11.5. The van der Waals surface area contributed by atoms with Gasteiger partial charge < -0.3 is 9.47 Å². The van der Waals surface area contributed by atoms with Crippen LogP contribution in [0.15, 0.2) is 42.5 Å². The molecule has 0 aromatic heterocycles. The van der Waals surface area contributed by atoms with Gasteiger partial charge in [0.05, 0.1) is 6.61 Å². The highest BCUT2D eigenvalue weighted by molar-refractivity contribution is 6.17. The summed E-state index contributed by atoms with van der Waals surface area (Å²) in [6.07, 6.45) is 0.757. The van der Waals surface area contributed by atoms with Crippen molar-refractivity contribution in [2.75, 3.05) is 13.2 Å². The first-order chi connectivity index (χ1) is 10.3. The van der Waals surface area contributed by atoms with E-state index < -0.39 is 5.82 Å². The summed E-state index contributed by atoms with van der Waals surface area (Å²) in [7, 11) is 0. The van der Waals surface area contributed by atoms with Crippen molar-refractivity contribution < 1.29 is 13.9 Å². The number of ether oxygens (including phenoxy) is 2. The van der Waals surface area contributed by atoms with Crippen LogP contribution in [-0.2, 0) is 17.0 Å². The van der Waals surface area contributed by atoms with E-state index in [9.17, 15) is 4.39 Å². The summed E-state index contributed by atoms with van der Waals surface area (Å²) in [6, 6.07) is 12.9. The number of halogens is 2. The molecule has 1 atom stereocenters. The second-order valence-corrected chi connectivity index (χ2v) is 5.28. The minimum Gasteiger partial charge on any atom is -0.487 e. The van der Waals surface area contributed by atoms with Crippen LogP contribution in [0.5, 0.6) is 5.75 Å². The molecule has 0 N–H and O–H groups in total. The first-order valence-corrected chi connectivity index (χ1v) is 7.48. The summed E-state index contributed by atoms with van der Waals surface area (Å²) in [5, 5.41) is 0. The summed E-state index contributed by atoms with van der Waals surface area (Å²) in [6.45, 7) is 0.965. The van der Waals surface area contributed by atoms with Crippen molar-refractivity contribution in [2.24, 2.45) is 0 Å². The molecule has 2 aromatic rings. The molecular formula is C17H16ClFO2. The van der Waals surface area contributed by atoms with Crippen LogP contribution in [0, 0.1) is 5.82 Å². The van der Waals surface area contributed by atoms with Crippen LogP contribution in [0.4, 0.5) is 4.39 Å². The predicted octanol–water partition coefficient (Wildman–Crippen LogP) is 4.26. The molecule has 3 rings (SSSR count). The monoisotopic (exact) mass is 306 g/mol. The molecule has 0 saturated carbocycles. The number of hydrogen-bond donors (Lipinski definition) is 0. The third kappa shape index (κ3) is 3.20. The van der Waals surface area contributed by atoms with Crippen LogP contribution in [0.1, 0.15) is 22.8 Å². The maximum Gasteiger partial charge on any atom is 0.165 e. The molecule has 0 amide bonds. The lowest BCUT2D eigenvalue weighted by Crippen LogP contribution is -2.21. The van der Waals surface area contributed by atoms with Crippen molar-refractivity contribution in [3.05, 3.63) is 65.0 Å². The van der Waals surface area contributed by atoms with Gasteiger partial charge in [-0.2, -0.15) is 0 Å². The first kappa shape index (κ1) is 14.4. The summed E-state index contributed by atoms with van der Waals surface area (Å²) >= 11 is 5.68. The van der Waals surface area contributed by atoms with E-state index in [0.29, 0.717) is 13.2 Å². The minimum atomic E-state index is -0.391. The molecular weight excluding hydrogens is 291 g/mol. The van der Waals surface area contributed by atoms with Gasteiger partial charge in [0.25, 0.3) is 0 Å². The normalized spacial score (nSPS) is 17.3. The van der Waals surface area contributed by atoms with Crippen LogP contribution < -0.4 is 4.74 Å². The summed E-state index contributed by atoms with van der Waals surface area (Å²) in [4.78, 5) is 0. The highest BCUT2D eigenvalue weighted by Crippen LogP contribution is 2.28. The molecule has 21 heavy (non-hydrogen) atoms. The summed E-state index contributed by atoms with van der Waals surface area (Å²) in [5.74, 6) is 0.129. The molecule has 0 spiro atoms. The van der Waals surface area contributed by atoms with Gasteiger partial charge in [-0.15, -0.1) is 11.6 Å². The van der Waals surface area contributed by atoms with Crippen molar-refractivity contribution in [3.8, 4) is 5.75 Å². The molecule has 1 aliphatic heterocycles. The number of hydrogen-bond acceptors (Lipinski definition) is 2. The second-order valence-electron chi connectivity index (χ2n) is 5.02. The molecule has 0 aliphatic carbocycles. The first-order valence-electron chi connectivity index (χ1n) is 6.94. The maximum absolute atomic E-state index is 13.9. The van der Waals surface area contributed by atoms with E-state index in [1.165, 1.54) is 11.6 Å². The zero-order valence-corrected chi connectivity index (χ0v) is 12.3. The molecule has 110 valence electrons. The van der Waals surface area contributed by atoms with E-state index in [2.05, 4.69) is 6.07 Å². The van der Waals surface area contributed by atoms with E-state index in [1.54, 1.807) is 12.1 Å². The Morgan fingerprint density at radius 2 is 2.10 bits per heavy atom. The van der Waals surface area contributed by atoms with Crippen molar-refractivity contribution >= 4 is 11.6 Å². The Balaban J connectivity index is 1.71. The van der Waals surface area contributed by atoms with Crippen molar-refractivity contribution in [3.63, 3.8) is 0 Å². The van der Waals surface area contributed by atoms with Gasteiger partial charge in [0.2, 0.25) is 0 Å². The highest BCUT2D eigenvalue weighted by atomic mass is 35.5. The Morgan fingerprint density at radius 3 is 2.90 bits per heavy atom. The second kappa shape index (κ2) is 6.46. The minimum absolute atomic E-state index is 0.151. The third-order valence-electron chi connectivity index (χ3n) is 3.63. The number of rotatable bonds is 4. The van der Waals surface area contributed by atoms with Crippen LogP contribution in [0.3, 0.4) is 0 Å². The fourth-order valence-electron chi connectivity index (χ4n) is 2.52. The van der Waals surface area contributed by atoms with Gasteiger partial charge in [-0.25, -0.2) is 4.39 Å². The van der Waals surface area contributed by atoms with Gasteiger partial charge in [0.15, 0.2) is 11.6 Å². The third-order valence-corrected chi connectivity index (χ3v) is 3.94. The lowest BCUT2D eigenvalue weighted by atomic mass is 9.98. The average molecular weight is 307 g/mol. The van der Waals surface area contributed by atoms with Crippen LogP contribution >= 0.6 is 11.6 Å². The number of alkyl halides is 1. The average Bonchev–Trinajstić information content (AvgIpc) is 2.53. The lowest BCUT2D eigenvalue weighted by molar-refractivity contribution is 0.00935. The topological polar surface area (TPSA) is 18.5 Å². The van der Waals surface area contributed by atoms with Gasteiger partial charge in [0, 0.05) is 5.88 Å². The van der Waals surface area contributed by atoms with Crippen LogP contribution in [0.2, 0.25) is 0 Å². The summed E-state index contributed by atoms with van der Waals surface area (Å²) < 4.78 is 25.2. The molecule has 2 aromatic carbocycles. The molecule has 2 nitrogen and oxygen atoms in total. The van der Waals surface area contributed by atoms with Crippen LogP contribution in [-0.4, -0.2) is 13.2 Å². The smallest absolute Gasteiger partial charge is 0.165 e. The Kier molecular flexibility index (Phi) is 4.42. The van der Waals surface area contributed by atoms with Gasteiger partial charge in [0.1, 0.15) is 12.7 Å². The molecule has 0 radical (unpaired) electrons. The van der Waals surface area contributed by atoms with Crippen molar-refractivity contribution in [1.29, 1.82) is 0 Å². The van der Waals surface area contributed by atoms with Crippen LogP contribution in [0.25, 0.3) is 0 Å². The quantitative estimate of drug-likeness (QED) is 0.786. The van der Waals surface area contributed by atoms with E-state index in [4.69, 9.17) is 21.1 Å². The van der Waals surface area contributed by atoms with Gasteiger partial charge in [-0.3, -0.25) is 0 Å². The molecule has 4 heteroatoms. The van der Waals surface area contributed by atoms with Crippen molar-refractivity contribution in [2.45, 2.75) is 18.4 Å². The molecule has 1 aliphatic rings. The lowest BCUT2D eigenvalue weighted by Gasteiger charge is -2.26. The molecule has 0 saturated heterocycles. The largest absolute Gasteiger partial charge is 0.487 e. The fourth-order valence-corrected chi connectivity index (χ4v) is 2.69. The Hall–Kier alpha value is -1.58. The fraction of sp³-hybridized carbons (Fsp3) is 0.294. The molecule has 0 fully saturated rings. The van der Waals surface area contributed by atoms with Crippen molar-refractivity contribution in [1.82, 2.24) is 0 Å². The number of fused-ring (bicyclic) bond motifs is 1. The van der Waals surface area contributed by atoms with E-state index in [1.807, 2.05) is 18.2 Å². The number of benzene rings is 2.